The molecule has 0 saturated carbocycles. The quantitative estimate of drug-likeness (QED) is 0.750. The maximum Gasteiger partial charge on any atom is 0.317 e. The summed E-state index contributed by atoms with van der Waals surface area (Å²) in [5, 5.41) is 11.4. The van der Waals surface area contributed by atoms with Crippen molar-refractivity contribution in [3.63, 3.8) is 0 Å². The molecule has 0 spiro atoms. The first kappa shape index (κ1) is 17.7. The third-order valence-corrected chi connectivity index (χ3v) is 5.32. The summed E-state index contributed by atoms with van der Waals surface area (Å²) >= 11 is 0. The molecule has 7 nitrogen and oxygen atoms in total. The van der Waals surface area contributed by atoms with Gasteiger partial charge in [0.25, 0.3) is 0 Å². The standard InChI is InChI=1S/C13H24N2O5S/c1-11(3-4-12(16)17)5-6-14-13(18)15-7-2-9-21(19,20)10-8-15/h11H,2-10H2,1H3,(H,14,18)(H,16,17). The Hall–Kier alpha value is -1.31. The summed E-state index contributed by atoms with van der Waals surface area (Å²) in [4.78, 5) is 23.9. The highest BCUT2D eigenvalue weighted by molar-refractivity contribution is 7.91. The van der Waals surface area contributed by atoms with Gasteiger partial charge < -0.3 is 15.3 Å². The van der Waals surface area contributed by atoms with E-state index in [0.29, 0.717) is 32.4 Å². The summed E-state index contributed by atoms with van der Waals surface area (Å²) in [7, 11) is -3.01. The van der Waals surface area contributed by atoms with Crippen LogP contribution < -0.4 is 5.32 Å². The minimum atomic E-state index is -3.01. The van der Waals surface area contributed by atoms with Crippen LogP contribution in [0.4, 0.5) is 4.79 Å². The molecule has 1 heterocycles. The van der Waals surface area contributed by atoms with Crippen LogP contribution in [0.3, 0.4) is 0 Å². The van der Waals surface area contributed by atoms with Crippen molar-refractivity contribution in [1.82, 2.24) is 10.2 Å². The first-order valence-corrected chi connectivity index (χ1v) is 9.07. The Morgan fingerprint density at radius 3 is 2.62 bits per heavy atom. The largest absolute Gasteiger partial charge is 0.481 e. The summed E-state index contributed by atoms with van der Waals surface area (Å²) in [6.07, 6.45) is 1.92. The molecule has 1 rings (SSSR count). The molecule has 0 aromatic carbocycles. The summed E-state index contributed by atoms with van der Waals surface area (Å²) in [5.41, 5.74) is 0. The summed E-state index contributed by atoms with van der Waals surface area (Å²) in [6.45, 7) is 3.12. The zero-order chi connectivity index (χ0) is 15.9. The van der Waals surface area contributed by atoms with Crippen molar-refractivity contribution in [1.29, 1.82) is 0 Å². The fraction of sp³-hybridized carbons (Fsp3) is 0.846. The summed E-state index contributed by atoms with van der Waals surface area (Å²) in [5.74, 6) is -0.416. The molecule has 1 atom stereocenters. The molecule has 0 bridgehead atoms. The number of carbonyl (C=O) groups excluding carboxylic acids is 1. The number of carboxylic acid groups (broad SMARTS) is 1. The highest BCUT2D eigenvalue weighted by Gasteiger charge is 2.22. The van der Waals surface area contributed by atoms with Gasteiger partial charge in [-0.2, -0.15) is 0 Å². The second kappa shape index (κ2) is 8.21. The van der Waals surface area contributed by atoms with Crippen molar-refractivity contribution >= 4 is 21.8 Å². The number of nitrogens with one attached hydrogen (secondary N) is 1. The smallest absolute Gasteiger partial charge is 0.317 e. The molecule has 0 aliphatic carbocycles. The summed E-state index contributed by atoms with van der Waals surface area (Å²) in [6, 6.07) is -0.238. The van der Waals surface area contributed by atoms with E-state index < -0.39 is 15.8 Å². The second-order valence-electron chi connectivity index (χ2n) is 5.55. The Balaban J connectivity index is 2.26. The Morgan fingerprint density at radius 2 is 1.95 bits per heavy atom. The average molecular weight is 320 g/mol. The predicted octanol–water partition coefficient (Wildman–Crippen LogP) is 0.708. The van der Waals surface area contributed by atoms with Crippen LogP contribution in [-0.4, -0.2) is 61.6 Å². The zero-order valence-electron chi connectivity index (χ0n) is 12.4. The van der Waals surface area contributed by atoms with Gasteiger partial charge in [0.1, 0.15) is 0 Å². The van der Waals surface area contributed by atoms with Crippen LogP contribution in [0.2, 0.25) is 0 Å². The molecule has 2 N–H and O–H groups in total. The highest BCUT2D eigenvalue weighted by Crippen LogP contribution is 2.10. The molecule has 0 aromatic heterocycles. The molecular weight excluding hydrogens is 296 g/mol. The molecule has 1 aliphatic heterocycles. The number of carbonyl (C=O) groups is 2. The molecule has 1 fully saturated rings. The van der Waals surface area contributed by atoms with E-state index in [1.54, 1.807) is 0 Å². The van der Waals surface area contributed by atoms with Crippen LogP contribution in [0.25, 0.3) is 0 Å². The molecule has 0 aromatic rings. The molecule has 21 heavy (non-hydrogen) atoms. The van der Waals surface area contributed by atoms with Gasteiger partial charge in [-0.3, -0.25) is 4.79 Å². The van der Waals surface area contributed by atoms with Gasteiger partial charge in [0.2, 0.25) is 0 Å². The molecule has 2 amide bonds. The van der Waals surface area contributed by atoms with Gasteiger partial charge >= 0.3 is 12.0 Å². The molecule has 0 radical (unpaired) electrons. The van der Waals surface area contributed by atoms with Crippen LogP contribution >= 0.6 is 0 Å². The number of amides is 2. The molecule has 1 saturated heterocycles. The average Bonchev–Trinajstić information content (AvgIpc) is 2.57. The molecule has 1 unspecified atom stereocenters. The predicted molar refractivity (Wildman–Crippen MR) is 78.9 cm³/mol. The van der Waals surface area contributed by atoms with Crippen LogP contribution in [0.5, 0.6) is 0 Å². The van der Waals surface area contributed by atoms with Crippen molar-refractivity contribution in [2.75, 3.05) is 31.1 Å². The van der Waals surface area contributed by atoms with Crippen molar-refractivity contribution in [3.8, 4) is 0 Å². The van der Waals surface area contributed by atoms with E-state index in [1.807, 2.05) is 6.92 Å². The SMILES string of the molecule is CC(CCNC(=O)N1CCCS(=O)(=O)CC1)CCC(=O)O. The van der Waals surface area contributed by atoms with E-state index in [-0.39, 0.29) is 36.4 Å². The van der Waals surface area contributed by atoms with Crippen molar-refractivity contribution in [3.05, 3.63) is 0 Å². The highest BCUT2D eigenvalue weighted by atomic mass is 32.2. The van der Waals surface area contributed by atoms with Crippen LogP contribution in [-0.2, 0) is 14.6 Å². The lowest BCUT2D eigenvalue weighted by molar-refractivity contribution is -0.137. The first-order chi connectivity index (χ1) is 9.80. The molecule has 122 valence electrons. The van der Waals surface area contributed by atoms with Gasteiger partial charge in [0.05, 0.1) is 11.5 Å². The van der Waals surface area contributed by atoms with Crippen LogP contribution in [0.15, 0.2) is 0 Å². The summed E-state index contributed by atoms with van der Waals surface area (Å²) < 4.78 is 22.9. The zero-order valence-corrected chi connectivity index (χ0v) is 13.2. The van der Waals surface area contributed by atoms with Crippen molar-refractivity contribution in [2.24, 2.45) is 5.92 Å². The number of hydrogen-bond acceptors (Lipinski definition) is 4. The number of hydrogen-bond donors (Lipinski definition) is 2. The monoisotopic (exact) mass is 320 g/mol. The lowest BCUT2D eigenvalue weighted by Crippen LogP contribution is -2.42. The van der Waals surface area contributed by atoms with E-state index in [9.17, 15) is 18.0 Å². The van der Waals surface area contributed by atoms with E-state index in [1.165, 1.54) is 4.90 Å². The van der Waals surface area contributed by atoms with Gasteiger partial charge in [-0.15, -0.1) is 0 Å². The number of urea groups is 1. The lowest BCUT2D eigenvalue weighted by Gasteiger charge is -2.20. The third-order valence-electron chi connectivity index (χ3n) is 3.61. The molecule has 1 aliphatic rings. The lowest BCUT2D eigenvalue weighted by atomic mass is 10.0. The molecular formula is C13H24N2O5S. The van der Waals surface area contributed by atoms with Crippen molar-refractivity contribution in [2.45, 2.75) is 32.6 Å². The Labute approximate surface area is 125 Å². The minimum absolute atomic E-state index is 0.0232. The van der Waals surface area contributed by atoms with E-state index in [2.05, 4.69) is 5.32 Å². The van der Waals surface area contributed by atoms with Crippen molar-refractivity contribution < 1.29 is 23.1 Å². The Kier molecular flexibility index (Phi) is 6.94. The van der Waals surface area contributed by atoms with Crippen LogP contribution in [0.1, 0.15) is 32.6 Å². The third kappa shape index (κ3) is 7.31. The van der Waals surface area contributed by atoms with Gasteiger partial charge in [-0.25, -0.2) is 13.2 Å². The number of rotatable bonds is 6. The van der Waals surface area contributed by atoms with Gasteiger partial charge in [0, 0.05) is 26.1 Å². The maximum absolute atomic E-state index is 11.9. The van der Waals surface area contributed by atoms with Gasteiger partial charge in [-0.05, 0) is 25.2 Å². The number of nitrogens with zero attached hydrogens (tertiary/aromatic N) is 1. The maximum atomic E-state index is 11.9. The molecule has 8 heteroatoms. The number of sulfone groups is 1. The Bertz CT molecular complexity index is 463. The first-order valence-electron chi connectivity index (χ1n) is 7.25. The number of carboxylic acids is 1. The van der Waals surface area contributed by atoms with Gasteiger partial charge in [0.15, 0.2) is 9.84 Å². The number of aliphatic carboxylic acids is 1. The second-order valence-corrected chi connectivity index (χ2v) is 7.85. The van der Waals surface area contributed by atoms with Gasteiger partial charge in [-0.1, -0.05) is 6.92 Å². The normalized spacial score (nSPS) is 19.6. The van der Waals surface area contributed by atoms with E-state index in [4.69, 9.17) is 5.11 Å². The fourth-order valence-corrected chi connectivity index (χ4v) is 3.46. The Morgan fingerprint density at radius 1 is 1.24 bits per heavy atom. The topological polar surface area (TPSA) is 104 Å². The van der Waals surface area contributed by atoms with E-state index in [0.717, 1.165) is 0 Å². The van der Waals surface area contributed by atoms with Crippen LogP contribution in [0, 0.1) is 5.92 Å². The minimum Gasteiger partial charge on any atom is -0.481 e. The van der Waals surface area contributed by atoms with E-state index >= 15 is 0 Å². The fourth-order valence-electron chi connectivity index (χ4n) is 2.19.